The summed E-state index contributed by atoms with van der Waals surface area (Å²) in [7, 11) is 0. The van der Waals surface area contributed by atoms with Gasteiger partial charge in [0.15, 0.2) is 0 Å². The SMILES string of the molecule is CCCCCCCCCCCCC(CCCCCCCCCC)CC1CO1. The monoisotopic (exact) mass is 380 g/mol. The topological polar surface area (TPSA) is 12.5 Å². The van der Waals surface area contributed by atoms with Gasteiger partial charge in [0.2, 0.25) is 0 Å². The number of hydrogen-bond acceptors (Lipinski definition) is 1. The highest BCUT2D eigenvalue weighted by molar-refractivity contribution is 4.74. The second-order valence-corrected chi connectivity index (χ2v) is 9.29. The largest absolute Gasteiger partial charge is 0.373 e. The third-order valence-corrected chi connectivity index (χ3v) is 6.43. The summed E-state index contributed by atoms with van der Waals surface area (Å²) in [4.78, 5) is 0. The maximum atomic E-state index is 5.52. The Kier molecular flexibility index (Phi) is 17.9. The van der Waals surface area contributed by atoms with E-state index in [1.54, 1.807) is 0 Å². The van der Waals surface area contributed by atoms with E-state index in [1.165, 1.54) is 135 Å². The Hall–Kier alpha value is -0.0400. The van der Waals surface area contributed by atoms with Gasteiger partial charge in [-0.2, -0.15) is 0 Å². The molecule has 0 aromatic carbocycles. The Morgan fingerprint density at radius 1 is 0.556 bits per heavy atom. The van der Waals surface area contributed by atoms with Crippen LogP contribution in [0.25, 0.3) is 0 Å². The summed E-state index contributed by atoms with van der Waals surface area (Å²) in [5, 5.41) is 0. The first-order valence-corrected chi connectivity index (χ1v) is 13.0. The van der Waals surface area contributed by atoms with E-state index in [1.807, 2.05) is 0 Å². The van der Waals surface area contributed by atoms with E-state index in [2.05, 4.69) is 13.8 Å². The molecule has 1 saturated heterocycles. The molecule has 1 aliphatic rings. The number of rotatable bonds is 22. The molecule has 1 rings (SSSR count). The van der Waals surface area contributed by atoms with Crippen LogP contribution in [-0.2, 0) is 4.74 Å². The van der Waals surface area contributed by atoms with Crippen molar-refractivity contribution in [3.63, 3.8) is 0 Å². The van der Waals surface area contributed by atoms with E-state index in [9.17, 15) is 0 Å². The van der Waals surface area contributed by atoms with Crippen molar-refractivity contribution in [1.29, 1.82) is 0 Å². The minimum Gasteiger partial charge on any atom is -0.373 e. The number of hydrogen-bond donors (Lipinski definition) is 0. The highest BCUT2D eigenvalue weighted by atomic mass is 16.6. The summed E-state index contributed by atoms with van der Waals surface area (Å²) < 4.78 is 5.52. The summed E-state index contributed by atoms with van der Waals surface area (Å²) in [6, 6.07) is 0. The quantitative estimate of drug-likeness (QED) is 0.135. The highest BCUT2D eigenvalue weighted by Gasteiger charge is 2.26. The Labute approximate surface area is 172 Å². The number of unbranched alkanes of at least 4 members (excludes halogenated alkanes) is 16. The molecule has 1 heteroatoms. The lowest BCUT2D eigenvalue weighted by Crippen LogP contribution is -2.05. The molecule has 27 heavy (non-hydrogen) atoms. The van der Waals surface area contributed by atoms with Gasteiger partial charge in [-0.1, -0.05) is 142 Å². The van der Waals surface area contributed by atoms with Gasteiger partial charge in [0.1, 0.15) is 0 Å². The van der Waals surface area contributed by atoms with E-state index < -0.39 is 0 Å². The summed E-state index contributed by atoms with van der Waals surface area (Å²) in [6.45, 7) is 5.65. The average Bonchev–Trinajstić information content (AvgIpc) is 3.49. The van der Waals surface area contributed by atoms with Crippen molar-refractivity contribution in [3.8, 4) is 0 Å². The highest BCUT2D eigenvalue weighted by Crippen LogP contribution is 2.28. The van der Waals surface area contributed by atoms with Crippen LogP contribution < -0.4 is 0 Å². The second-order valence-electron chi connectivity index (χ2n) is 9.29. The van der Waals surface area contributed by atoms with E-state index in [-0.39, 0.29) is 0 Å². The molecule has 0 aromatic rings. The van der Waals surface area contributed by atoms with Crippen molar-refractivity contribution in [1.82, 2.24) is 0 Å². The predicted octanol–water partition coefficient (Wildman–Crippen LogP) is 9.23. The number of epoxide rings is 1. The molecular weight excluding hydrogens is 328 g/mol. The summed E-state index contributed by atoms with van der Waals surface area (Å²) in [5.74, 6) is 0.951. The first kappa shape index (κ1) is 25.0. The fourth-order valence-corrected chi connectivity index (χ4v) is 4.44. The molecule has 2 atom stereocenters. The lowest BCUT2D eigenvalue weighted by molar-refractivity contribution is 0.316. The molecular formula is C26H52O. The van der Waals surface area contributed by atoms with Gasteiger partial charge in [-0.25, -0.2) is 0 Å². The third-order valence-electron chi connectivity index (χ3n) is 6.43. The first-order chi connectivity index (χ1) is 13.4. The van der Waals surface area contributed by atoms with Crippen LogP contribution in [0.4, 0.5) is 0 Å². The summed E-state index contributed by atoms with van der Waals surface area (Å²) >= 11 is 0. The zero-order chi connectivity index (χ0) is 19.4. The summed E-state index contributed by atoms with van der Waals surface area (Å²) in [6.07, 6.45) is 31.0. The molecule has 2 unspecified atom stereocenters. The normalized spacial score (nSPS) is 17.3. The van der Waals surface area contributed by atoms with Gasteiger partial charge in [-0.15, -0.1) is 0 Å². The van der Waals surface area contributed by atoms with Crippen LogP contribution >= 0.6 is 0 Å². The van der Waals surface area contributed by atoms with Gasteiger partial charge in [-0.05, 0) is 12.3 Å². The van der Waals surface area contributed by atoms with E-state index in [4.69, 9.17) is 4.74 Å². The maximum Gasteiger partial charge on any atom is 0.0812 e. The zero-order valence-corrected chi connectivity index (χ0v) is 19.1. The van der Waals surface area contributed by atoms with Gasteiger partial charge in [-0.3, -0.25) is 0 Å². The molecule has 0 bridgehead atoms. The van der Waals surface area contributed by atoms with Crippen molar-refractivity contribution >= 4 is 0 Å². The van der Waals surface area contributed by atoms with E-state index in [0.717, 1.165) is 12.5 Å². The van der Waals surface area contributed by atoms with Crippen LogP contribution in [0.15, 0.2) is 0 Å². The molecule has 0 amide bonds. The third kappa shape index (κ3) is 17.8. The minimum absolute atomic E-state index is 0.632. The average molecular weight is 381 g/mol. The van der Waals surface area contributed by atoms with Gasteiger partial charge < -0.3 is 4.74 Å². The van der Waals surface area contributed by atoms with E-state index in [0.29, 0.717) is 6.10 Å². The van der Waals surface area contributed by atoms with Crippen molar-refractivity contribution in [2.75, 3.05) is 6.61 Å². The first-order valence-electron chi connectivity index (χ1n) is 13.0. The van der Waals surface area contributed by atoms with Crippen molar-refractivity contribution in [2.24, 2.45) is 5.92 Å². The number of ether oxygens (including phenoxy) is 1. The molecule has 0 aliphatic carbocycles. The fourth-order valence-electron chi connectivity index (χ4n) is 4.44. The van der Waals surface area contributed by atoms with Crippen LogP contribution in [0.5, 0.6) is 0 Å². The van der Waals surface area contributed by atoms with Crippen molar-refractivity contribution < 1.29 is 4.74 Å². The minimum atomic E-state index is 0.632. The predicted molar refractivity (Wildman–Crippen MR) is 122 cm³/mol. The van der Waals surface area contributed by atoms with Crippen LogP contribution in [0.1, 0.15) is 149 Å². The Morgan fingerprint density at radius 2 is 0.889 bits per heavy atom. The molecule has 0 radical (unpaired) electrons. The van der Waals surface area contributed by atoms with Crippen molar-refractivity contribution in [2.45, 2.75) is 155 Å². The van der Waals surface area contributed by atoms with Crippen LogP contribution in [0, 0.1) is 5.92 Å². The summed E-state index contributed by atoms with van der Waals surface area (Å²) in [5.41, 5.74) is 0. The van der Waals surface area contributed by atoms with Crippen LogP contribution in [0.3, 0.4) is 0 Å². The molecule has 1 heterocycles. The molecule has 0 N–H and O–H groups in total. The lowest BCUT2D eigenvalue weighted by atomic mass is 9.90. The molecule has 1 aliphatic heterocycles. The Bertz CT molecular complexity index is 284. The van der Waals surface area contributed by atoms with Gasteiger partial charge in [0, 0.05) is 0 Å². The van der Waals surface area contributed by atoms with Crippen molar-refractivity contribution in [3.05, 3.63) is 0 Å². The zero-order valence-electron chi connectivity index (χ0n) is 19.1. The lowest BCUT2D eigenvalue weighted by Gasteiger charge is -2.16. The molecule has 0 saturated carbocycles. The standard InChI is InChI=1S/C26H52O/c1-3-5-7-9-11-13-14-16-18-20-22-25(23-26-24-27-26)21-19-17-15-12-10-8-6-4-2/h25-26H,3-24H2,1-2H3. The van der Waals surface area contributed by atoms with Crippen LogP contribution in [0.2, 0.25) is 0 Å². The molecule has 0 spiro atoms. The van der Waals surface area contributed by atoms with Crippen LogP contribution in [-0.4, -0.2) is 12.7 Å². The second kappa shape index (κ2) is 19.3. The Balaban J connectivity index is 1.91. The van der Waals surface area contributed by atoms with E-state index >= 15 is 0 Å². The molecule has 1 nitrogen and oxygen atoms in total. The molecule has 0 aromatic heterocycles. The van der Waals surface area contributed by atoms with Gasteiger partial charge in [0.25, 0.3) is 0 Å². The fraction of sp³-hybridized carbons (Fsp3) is 1.00. The van der Waals surface area contributed by atoms with Gasteiger partial charge >= 0.3 is 0 Å². The maximum absolute atomic E-state index is 5.52. The smallest absolute Gasteiger partial charge is 0.0812 e. The molecule has 162 valence electrons. The van der Waals surface area contributed by atoms with Gasteiger partial charge in [0.05, 0.1) is 12.7 Å². The Morgan fingerprint density at radius 3 is 1.22 bits per heavy atom. The molecule has 1 fully saturated rings.